The maximum absolute atomic E-state index is 5.22. The normalized spacial score (nSPS) is 10.8. The molecule has 0 aliphatic rings. The second-order valence-electron chi connectivity index (χ2n) is 4.49. The van der Waals surface area contributed by atoms with Gasteiger partial charge in [-0.25, -0.2) is 9.97 Å². The first-order valence-electron chi connectivity index (χ1n) is 6.26. The Morgan fingerprint density at radius 3 is 2.35 bits per heavy atom. The molecule has 100 valence electrons. The molecule has 0 atom stereocenters. The fourth-order valence-electron chi connectivity index (χ4n) is 2.16. The molecule has 0 aliphatic carbocycles. The topological polar surface area (TPSA) is 35.0 Å². The quantitative estimate of drug-likeness (QED) is 0.700. The number of hydrogen-bond donors (Lipinski definition) is 0. The lowest BCUT2D eigenvalue weighted by atomic mass is 10.1. The van der Waals surface area contributed by atoms with Crippen molar-refractivity contribution in [3.63, 3.8) is 0 Å². The van der Waals surface area contributed by atoms with Crippen LogP contribution < -0.4 is 4.74 Å². The van der Waals surface area contributed by atoms with Crippen LogP contribution in [0.4, 0.5) is 0 Å². The van der Waals surface area contributed by atoms with Gasteiger partial charge in [0, 0.05) is 10.0 Å². The summed E-state index contributed by atoms with van der Waals surface area (Å²) in [5.74, 6) is 0.812. The molecule has 1 aromatic heterocycles. The molecule has 20 heavy (non-hydrogen) atoms. The number of aromatic nitrogens is 2. The van der Waals surface area contributed by atoms with Crippen LogP contribution in [-0.4, -0.2) is 17.1 Å². The zero-order valence-corrected chi connectivity index (χ0v) is 12.8. The zero-order valence-electron chi connectivity index (χ0n) is 11.2. The number of ether oxygens (including phenoxy) is 1. The van der Waals surface area contributed by atoms with Gasteiger partial charge in [-0.05, 0) is 53.2 Å². The third kappa shape index (κ3) is 2.27. The number of aryl methyl sites for hydroxylation is 1. The molecule has 3 aromatic rings. The molecule has 2 aromatic carbocycles. The van der Waals surface area contributed by atoms with Crippen molar-refractivity contribution in [1.82, 2.24) is 9.97 Å². The van der Waals surface area contributed by atoms with Crippen molar-refractivity contribution in [2.45, 2.75) is 6.92 Å². The lowest BCUT2D eigenvalue weighted by Crippen LogP contribution is -1.95. The monoisotopic (exact) mass is 328 g/mol. The standard InChI is InChI=1S/C16H13BrN2O/c1-10-16(12-8-7-11(20-2)9-13(12)17)19-15-6-4-3-5-14(15)18-10/h3-9H,1-2H3. The van der Waals surface area contributed by atoms with Crippen LogP contribution in [0.2, 0.25) is 0 Å². The highest BCUT2D eigenvalue weighted by Gasteiger charge is 2.11. The average molecular weight is 329 g/mol. The first-order valence-corrected chi connectivity index (χ1v) is 7.05. The van der Waals surface area contributed by atoms with Crippen molar-refractivity contribution in [2.75, 3.05) is 7.11 Å². The first kappa shape index (κ1) is 13.1. The van der Waals surface area contributed by atoms with Crippen LogP contribution in [0.1, 0.15) is 5.69 Å². The Balaban J connectivity index is 2.21. The molecular weight excluding hydrogens is 316 g/mol. The van der Waals surface area contributed by atoms with Crippen molar-refractivity contribution in [3.05, 3.63) is 52.6 Å². The Hall–Kier alpha value is -1.94. The fourth-order valence-corrected chi connectivity index (χ4v) is 2.70. The average Bonchev–Trinajstić information content (AvgIpc) is 2.46. The summed E-state index contributed by atoms with van der Waals surface area (Å²) in [5.41, 5.74) is 4.63. The van der Waals surface area contributed by atoms with E-state index < -0.39 is 0 Å². The van der Waals surface area contributed by atoms with Crippen molar-refractivity contribution < 1.29 is 4.74 Å². The van der Waals surface area contributed by atoms with Gasteiger partial charge in [-0.1, -0.05) is 12.1 Å². The Morgan fingerprint density at radius 2 is 1.70 bits per heavy atom. The minimum Gasteiger partial charge on any atom is -0.497 e. The van der Waals surface area contributed by atoms with Gasteiger partial charge in [0.15, 0.2) is 0 Å². The van der Waals surface area contributed by atoms with Gasteiger partial charge in [-0.2, -0.15) is 0 Å². The minimum atomic E-state index is 0.812. The molecular formula is C16H13BrN2O. The van der Waals surface area contributed by atoms with Crippen molar-refractivity contribution in [1.29, 1.82) is 0 Å². The van der Waals surface area contributed by atoms with E-state index in [0.29, 0.717) is 0 Å². The van der Waals surface area contributed by atoms with Crippen molar-refractivity contribution in [2.24, 2.45) is 0 Å². The lowest BCUT2D eigenvalue weighted by molar-refractivity contribution is 0.414. The van der Waals surface area contributed by atoms with Gasteiger partial charge >= 0.3 is 0 Å². The molecule has 0 saturated carbocycles. The van der Waals surface area contributed by atoms with Gasteiger partial charge in [0.25, 0.3) is 0 Å². The number of methoxy groups -OCH3 is 1. The summed E-state index contributed by atoms with van der Waals surface area (Å²) < 4.78 is 6.17. The summed E-state index contributed by atoms with van der Waals surface area (Å²) in [5, 5.41) is 0. The van der Waals surface area contributed by atoms with E-state index in [0.717, 1.165) is 38.2 Å². The molecule has 3 rings (SSSR count). The maximum atomic E-state index is 5.22. The van der Waals surface area contributed by atoms with Gasteiger partial charge in [-0.15, -0.1) is 0 Å². The summed E-state index contributed by atoms with van der Waals surface area (Å²) in [7, 11) is 1.66. The third-order valence-corrected chi connectivity index (χ3v) is 3.83. The van der Waals surface area contributed by atoms with Gasteiger partial charge in [0.05, 0.1) is 29.5 Å². The van der Waals surface area contributed by atoms with E-state index >= 15 is 0 Å². The van der Waals surface area contributed by atoms with Gasteiger partial charge in [0.1, 0.15) is 5.75 Å². The highest BCUT2D eigenvalue weighted by atomic mass is 79.9. The van der Waals surface area contributed by atoms with Crippen LogP contribution in [-0.2, 0) is 0 Å². The molecule has 0 radical (unpaired) electrons. The number of rotatable bonds is 2. The summed E-state index contributed by atoms with van der Waals surface area (Å²) in [4.78, 5) is 9.35. The number of para-hydroxylation sites is 2. The number of benzene rings is 2. The summed E-state index contributed by atoms with van der Waals surface area (Å²) >= 11 is 3.58. The second kappa shape index (κ2) is 5.21. The molecule has 0 saturated heterocycles. The van der Waals surface area contributed by atoms with E-state index in [1.54, 1.807) is 7.11 Å². The van der Waals surface area contributed by atoms with Crippen LogP contribution >= 0.6 is 15.9 Å². The molecule has 4 heteroatoms. The second-order valence-corrected chi connectivity index (χ2v) is 5.35. The van der Waals surface area contributed by atoms with Gasteiger partial charge < -0.3 is 4.74 Å². The van der Waals surface area contributed by atoms with Crippen LogP contribution in [0.15, 0.2) is 46.9 Å². The number of fused-ring (bicyclic) bond motifs is 1. The Kier molecular flexibility index (Phi) is 3.40. The van der Waals surface area contributed by atoms with Gasteiger partial charge in [0.2, 0.25) is 0 Å². The van der Waals surface area contributed by atoms with E-state index in [1.807, 2.05) is 49.4 Å². The number of nitrogens with zero attached hydrogens (tertiary/aromatic N) is 2. The van der Waals surface area contributed by atoms with Crippen molar-refractivity contribution >= 4 is 27.0 Å². The largest absolute Gasteiger partial charge is 0.497 e. The molecule has 0 amide bonds. The van der Waals surface area contributed by atoms with E-state index in [4.69, 9.17) is 9.72 Å². The van der Waals surface area contributed by atoms with E-state index in [9.17, 15) is 0 Å². The smallest absolute Gasteiger partial charge is 0.120 e. The molecule has 0 N–H and O–H groups in total. The summed E-state index contributed by atoms with van der Waals surface area (Å²) in [6, 6.07) is 13.8. The fraction of sp³-hybridized carbons (Fsp3) is 0.125. The van der Waals surface area contributed by atoms with Gasteiger partial charge in [-0.3, -0.25) is 0 Å². The predicted octanol–water partition coefficient (Wildman–Crippen LogP) is 4.38. The van der Waals surface area contributed by atoms with Crippen LogP contribution in [0.3, 0.4) is 0 Å². The lowest BCUT2D eigenvalue weighted by Gasteiger charge is -2.09. The van der Waals surface area contributed by atoms with E-state index in [1.165, 1.54) is 0 Å². The molecule has 0 aliphatic heterocycles. The molecule has 0 fully saturated rings. The molecule has 1 heterocycles. The highest BCUT2D eigenvalue weighted by Crippen LogP contribution is 2.32. The number of hydrogen-bond acceptors (Lipinski definition) is 3. The predicted molar refractivity (Wildman–Crippen MR) is 84.0 cm³/mol. The van der Waals surface area contributed by atoms with Crippen LogP contribution in [0.5, 0.6) is 5.75 Å². The van der Waals surface area contributed by atoms with Crippen LogP contribution in [0.25, 0.3) is 22.3 Å². The maximum Gasteiger partial charge on any atom is 0.120 e. The third-order valence-electron chi connectivity index (χ3n) is 3.18. The Bertz CT molecular complexity index is 787. The zero-order chi connectivity index (χ0) is 14.1. The summed E-state index contributed by atoms with van der Waals surface area (Å²) in [6.07, 6.45) is 0. The molecule has 0 unspecified atom stereocenters. The SMILES string of the molecule is COc1ccc(-c2nc3ccccc3nc2C)c(Br)c1. The van der Waals surface area contributed by atoms with E-state index in [-0.39, 0.29) is 0 Å². The minimum absolute atomic E-state index is 0.812. The van der Waals surface area contributed by atoms with Crippen LogP contribution in [0, 0.1) is 6.92 Å². The summed E-state index contributed by atoms with van der Waals surface area (Å²) in [6.45, 7) is 1.98. The molecule has 0 bridgehead atoms. The first-order chi connectivity index (χ1) is 9.69. The highest BCUT2D eigenvalue weighted by molar-refractivity contribution is 9.10. The molecule has 0 spiro atoms. The Morgan fingerprint density at radius 1 is 1.00 bits per heavy atom. The van der Waals surface area contributed by atoms with E-state index in [2.05, 4.69) is 20.9 Å². The molecule has 3 nitrogen and oxygen atoms in total. The van der Waals surface area contributed by atoms with Crippen molar-refractivity contribution in [3.8, 4) is 17.0 Å². The Labute approximate surface area is 125 Å². The number of halogens is 1.